The van der Waals surface area contributed by atoms with Crippen LogP contribution >= 0.6 is 11.3 Å². The Bertz CT molecular complexity index is 267. The number of hydrogen-bond acceptors (Lipinski definition) is 4. The maximum atomic E-state index is 5.60. The van der Waals surface area contributed by atoms with E-state index in [2.05, 4.69) is 10.4 Å². The molecule has 1 aromatic rings. The van der Waals surface area contributed by atoms with Gasteiger partial charge in [-0.15, -0.1) is 11.3 Å². The van der Waals surface area contributed by atoms with E-state index in [-0.39, 0.29) is 0 Å². The van der Waals surface area contributed by atoms with Gasteiger partial charge in [0, 0.05) is 23.5 Å². The third-order valence-electron chi connectivity index (χ3n) is 3.26. The number of nitrogens with two attached hydrogens (primary N) is 1. The van der Waals surface area contributed by atoms with Crippen LogP contribution in [-0.2, 0) is 6.42 Å². The maximum Gasteiger partial charge on any atom is 0.0794 e. The second kappa shape index (κ2) is 5.58. The van der Waals surface area contributed by atoms with Crippen molar-refractivity contribution in [3.05, 3.63) is 16.6 Å². The highest BCUT2D eigenvalue weighted by Gasteiger charge is 2.19. The van der Waals surface area contributed by atoms with Crippen LogP contribution in [0.3, 0.4) is 0 Å². The van der Waals surface area contributed by atoms with E-state index in [0.29, 0.717) is 6.04 Å². The monoisotopic (exact) mass is 225 g/mol. The van der Waals surface area contributed by atoms with Crippen molar-refractivity contribution in [2.24, 2.45) is 11.8 Å². The highest BCUT2D eigenvalue weighted by atomic mass is 32.1. The fraction of sp³-hybridized carbons (Fsp3) is 0.727. The maximum absolute atomic E-state index is 5.60. The zero-order chi connectivity index (χ0) is 10.5. The molecule has 1 atom stereocenters. The number of hydrazine groups is 1. The van der Waals surface area contributed by atoms with E-state index in [1.54, 1.807) is 11.3 Å². The number of nitrogens with zero attached hydrogens (tertiary/aromatic N) is 1. The molecule has 0 amide bonds. The Kier molecular flexibility index (Phi) is 4.11. The quantitative estimate of drug-likeness (QED) is 0.596. The lowest BCUT2D eigenvalue weighted by Gasteiger charge is -2.18. The van der Waals surface area contributed by atoms with Crippen LogP contribution in [0.5, 0.6) is 0 Å². The number of rotatable bonds is 5. The van der Waals surface area contributed by atoms with Gasteiger partial charge in [-0.3, -0.25) is 16.3 Å². The van der Waals surface area contributed by atoms with Crippen LogP contribution in [-0.4, -0.2) is 11.0 Å². The van der Waals surface area contributed by atoms with Crippen molar-refractivity contribution in [3.8, 4) is 0 Å². The van der Waals surface area contributed by atoms with Crippen LogP contribution < -0.4 is 11.3 Å². The van der Waals surface area contributed by atoms with Gasteiger partial charge in [-0.2, -0.15) is 0 Å². The first-order valence-electron chi connectivity index (χ1n) is 5.72. The highest BCUT2D eigenvalue weighted by molar-refractivity contribution is 7.09. The molecule has 1 aromatic heterocycles. The second-order valence-electron chi connectivity index (χ2n) is 4.42. The minimum atomic E-state index is 0.425. The molecule has 0 aliphatic heterocycles. The van der Waals surface area contributed by atoms with Crippen molar-refractivity contribution in [3.63, 3.8) is 0 Å². The van der Waals surface area contributed by atoms with Crippen molar-refractivity contribution < 1.29 is 0 Å². The summed E-state index contributed by atoms with van der Waals surface area (Å²) in [7, 11) is 0. The first kappa shape index (κ1) is 11.0. The Hall–Kier alpha value is -0.450. The molecule has 1 aliphatic rings. The molecule has 3 N–H and O–H groups in total. The van der Waals surface area contributed by atoms with Crippen LogP contribution in [0.25, 0.3) is 0 Å². The van der Waals surface area contributed by atoms with Gasteiger partial charge in [-0.1, -0.05) is 25.7 Å². The zero-order valence-corrected chi connectivity index (χ0v) is 9.80. The predicted octanol–water partition coefficient (Wildman–Crippen LogP) is 2.10. The summed E-state index contributed by atoms with van der Waals surface area (Å²) in [4.78, 5) is 5.42. The Morgan fingerprint density at radius 2 is 2.33 bits per heavy atom. The van der Waals surface area contributed by atoms with Crippen molar-refractivity contribution in [1.29, 1.82) is 0 Å². The van der Waals surface area contributed by atoms with Gasteiger partial charge in [0.15, 0.2) is 0 Å². The van der Waals surface area contributed by atoms with Crippen LogP contribution in [0.2, 0.25) is 0 Å². The molecule has 1 saturated carbocycles. The summed E-state index contributed by atoms with van der Waals surface area (Å²) >= 11 is 1.72. The second-order valence-corrected chi connectivity index (χ2v) is 5.39. The molecule has 0 spiro atoms. The van der Waals surface area contributed by atoms with E-state index in [9.17, 15) is 0 Å². The molecule has 0 radical (unpaired) electrons. The molecular weight excluding hydrogens is 206 g/mol. The molecule has 84 valence electrons. The van der Waals surface area contributed by atoms with Gasteiger partial charge in [0.1, 0.15) is 0 Å². The molecule has 1 heterocycles. The van der Waals surface area contributed by atoms with Crippen molar-refractivity contribution >= 4 is 11.3 Å². The van der Waals surface area contributed by atoms with Gasteiger partial charge >= 0.3 is 0 Å². The summed E-state index contributed by atoms with van der Waals surface area (Å²) in [5, 5.41) is 0. The molecule has 1 unspecified atom stereocenters. The Morgan fingerprint density at radius 1 is 1.53 bits per heavy atom. The van der Waals surface area contributed by atoms with Crippen LogP contribution in [0.4, 0.5) is 0 Å². The number of hydrogen-bond donors (Lipinski definition) is 2. The molecule has 15 heavy (non-hydrogen) atoms. The molecule has 3 nitrogen and oxygen atoms in total. The van der Waals surface area contributed by atoms with E-state index in [1.807, 2.05) is 11.7 Å². The third kappa shape index (κ3) is 3.26. The first-order valence-corrected chi connectivity index (χ1v) is 6.60. The van der Waals surface area contributed by atoms with Gasteiger partial charge in [0.25, 0.3) is 0 Å². The summed E-state index contributed by atoms with van der Waals surface area (Å²) in [5.41, 5.74) is 4.83. The van der Waals surface area contributed by atoms with E-state index < -0.39 is 0 Å². The Morgan fingerprint density at radius 3 is 2.93 bits per heavy atom. The molecule has 0 bridgehead atoms. The summed E-state index contributed by atoms with van der Waals surface area (Å²) in [6, 6.07) is 0.425. The first-order chi connectivity index (χ1) is 7.38. The van der Waals surface area contributed by atoms with Crippen LogP contribution in [0.1, 0.15) is 37.0 Å². The highest BCUT2D eigenvalue weighted by Crippen LogP contribution is 2.29. The molecule has 2 rings (SSSR count). The summed E-state index contributed by atoms with van der Waals surface area (Å²) in [6.07, 6.45) is 9.78. The summed E-state index contributed by atoms with van der Waals surface area (Å²) in [5.74, 6) is 6.49. The minimum Gasteiger partial charge on any atom is -0.271 e. The van der Waals surface area contributed by atoms with Gasteiger partial charge < -0.3 is 0 Å². The fourth-order valence-corrected chi connectivity index (χ4v) is 3.12. The summed E-state index contributed by atoms with van der Waals surface area (Å²) < 4.78 is 0. The average Bonchev–Trinajstić information content (AvgIpc) is 2.89. The van der Waals surface area contributed by atoms with Crippen LogP contribution in [0, 0.1) is 5.92 Å². The zero-order valence-electron chi connectivity index (χ0n) is 8.98. The third-order valence-corrected chi connectivity index (χ3v) is 4.06. The topological polar surface area (TPSA) is 50.9 Å². The fourth-order valence-electron chi connectivity index (χ4n) is 2.44. The van der Waals surface area contributed by atoms with E-state index >= 15 is 0 Å². The molecule has 0 aromatic carbocycles. The van der Waals surface area contributed by atoms with Crippen molar-refractivity contribution in [2.75, 3.05) is 0 Å². The standard InChI is InChI=1S/C11H19N3S/c12-14-10(5-9-3-1-2-4-9)6-11-7-13-8-15-11/h7-10,14H,1-6,12H2. The number of aromatic nitrogens is 1. The largest absolute Gasteiger partial charge is 0.271 e. The number of thiazole rings is 1. The molecular formula is C11H19N3S. The van der Waals surface area contributed by atoms with Gasteiger partial charge in [0.05, 0.1) is 5.51 Å². The molecule has 4 heteroatoms. The summed E-state index contributed by atoms with van der Waals surface area (Å²) in [6.45, 7) is 0. The average molecular weight is 225 g/mol. The van der Waals surface area contributed by atoms with Crippen molar-refractivity contribution in [2.45, 2.75) is 44.6 Å². The Labute approximate surface area is 95.1 Å². The molecule has 1 aliphatic carbocycles. The predicted molar refractivity (Wildman–Crippen MR) is 63.5 cm³/mol. The lowest BCUT2D eigenvalue weighted by atomic mass is 9.96. The Balaban J connectivity index is 1.81. The van der Waals surface area contributed by atoms with E-state index in [1.165, 1.54) is 37.0 Å². The SMILES string of the molecule is NNC(Cc1cncs1)CC1CCCC1. The van der Waals surface area contributed by atoms with Gasteiger partial charge in [0.2, 0.25) is 0 Å². The molecule has 1 fully saturated rings. The molecule has 0 saturated heterocycles. The van der Waals surface area contributed by atoms with E-state index in [0.717, 1.165) is 12.3 Å². The van der Waals surface area contributed by atoms with Crippen molar-refractivity contribution in [1.82, 2.24) is 10.4 Å². The van der Waals surface area contributed by atoms with Gasteiger partial charge in [-0.05, 0) is 12.3 Å². The smallest absolute Gasteiger partial charge is 0.0794 e. The minimum absolute atomic E-state index is 0.425. The van der Waals surface area contributed by atoms with Gasteiger partial charge in [-0.25, -0.2) is 0 Å². The normalized spacial score (nSPS) is 19.5. The van der Waals surface area contributed by atoms with E-state index in [4.69, 9.17) is 5.84 Å². The number of nitrogens with one attached hydrogen (secondary N) is 1. The van der Waals surface area contributed by atoms with Crippen LogP contribution in [0.15, 0.2) is 11.7 Å². The lowest BCUT2D eigenvalue weighted by Crippen LogP contribution is -2.37. The lowest BCUT2D eigenvalue weighted by molar-refractivity contribution is 0.391.